The highest BCUT2D eigenvalue weighted by atomic mass is 15.3. The second-order valence-electron chi connectivity index (χ2n) is 5.14. The van der Waals surface area contributed by atoms with Gasteiger partial charge in [-0.05, 0) is 24.6 Å². The van der Waals surface area contributed by atoms with Gasteiger partial charge in [-0.1, -0.05) is 48.0 Å². The zero-order valence-electron chi connectivity index (χ0n) is 12.5. The van der Waals surface area contributed by atoms with Crippen LogP contribution in [0, 0.1) is 6.92 Å². The Labute approximate surface area is 130 Å². The van der Waals surface area contributed by atoms with Crippen LogP contribution in [0.25, 0.3) is 0 Å². The van der Waals surface area contributed by atoms with E-state index >= 15 is 0 Å². The molecule has 110 valence electrons. The highest BCUT2D eigenvalue weighted by Gasteiger charge is 2.05. The van der Waals surface area contributed by atoms with Crippen molar-refractivity contribution in [3.63, 3.8) is 0 Å². The third-order valence-electron chi connectivity index (χ3n) is 3.37. The van der Waals surface area contributed by atoms with E-state index in [0.717, 1.165) is 17.0 Å². The molecule has 0 aliphatic heterocycles. The minimum Gasteiger partial charge on any atom is -0.331 e. The van der Waals surface area contributed by atoms with Crippen molar-refractivity contribution in [3.8, 4) is 0 Å². The Morgan fingerprint density at radius 1 is 1.09 bits per heavy atom. The van der Waals surface area contributed by atoms with Crippen LogP contribution in [0.1, 0.15) is 11.1 Å². The number of rotatable bonds is 5. The molecule has 1 aromatic heterocycles. The average molecular weight is 290 g/mol. The normalized spacial score (nSPS) is 11.4. The lowest BCUT2D eigenvalue weighted by atomic mass is 10.1. The Balaban J connectivity index is 1.86. The van der Waals surface area contributed by atoms with Crippen molar-refractivity contribution < 1.29 is 0 Å². The number of hydrazone groups is 1. The van der Waals surface area contributed by atoms with Gasteiger partial charge in [0, 0.05) is 12.4 Å². The monoisotopic (exact) mass is 290 g/mol. The summed E-state index contributed by atoms with van der Waals surface area (Å²) in [6, 6.07) is 18.3. The van der Waals surface area contributed by atoms with Crippen LogP contribution in [0.3, 0.4) is 0 Å². The summed E-state index contributed by atoms with van der Waals surface area (Å²) in [6.07, 6.45) is 5.51. The molecule has 22 heavy (non-hydrogen) atoms. The molecule has 0 saturated carbocycles. The lowest BCUT2D eigenvalue weighted by Gasteiger charge is -2.09. The van der Waals surface area contributed by atoms with Gasteiger partial charge in [-0.3, -0.25) is 5.43 Å². The molecule has 0 aliphatic carbocycles. The van der Waals surface area contributed by atoms with Crippen LogP contribution in [0.4, 0.5) is 5.69 Å². The third-order valence-corrected chi connectivity index (χ3v) is 3.37. The number of imidazole rings is 1. The molecule has 2 aromatic carbocycles. The van der Waals surface area contributed by atoms with Gasteiger partial charge < -0.3 is 4.57 Å². The summed E-state index contributed by atoms with van der Waals surface area (Å²) in [5.41, 5.74) is 7.39. The molecule has 0 spiro atoms. The van der Waals surface area contributed by atoms with E-state index in [2.05, 4.69) is 46.7 Å². The molecule has 4 nitrogen and oxygen atoms in total. The summed E-state index contributed by atoms with van der Waals surface area (Å²) in [7, 11) is 0. The Hall–Kier alpha value is -2.88. The molecule has 4 heteroatoms. The number of hydrogen-bond donors (Lipinski definition) is 1. The van der Waals surface area contributed by atoms with Gasteiger partial charge in [0.2, 0.25) is 0 Å². The fourth-order valence-corrected chi connectivity index (χ4v) is 2.14. The van der Waals surface area contributed by atoms with Crippen LogP contribution in [0.15, 0.2) is 78.4 Å². The molecule has 3 rings (SSSR count). The second-order valence-corrected chi connectivity index (χ2v) is 5.14. The van der Waals surface area contributed by atoms with Gasteiger partial charge in [0.1, 0.15) is 0 Å². The van der Waals surface area contributed by atoms with Crippen molar-refractivity contribution in [2.24, 2.45) is 5.10 Å². The first kappa shape index (κ1) is 14.1. The van der Waals surface area contributed by atoms with Gasteiger partial charge in [0.05, 0.1) is 24.3 Å². The average Bonchev–Trinajstić information content (AvgIpc) is 3.06. The van der Waals surface area contributed by atoms with E-state index < -0.39 is 0 Å². The number of aromatic nitrogens is 2. The van der Waals surface area contributed by atoms with Gasteiger partial charge in [-0.25, -0.2) is 4.98 Å². The fourth-order valence-electron chi connectivity index (χ4n) is 2.14. The maximum atomic E-state index is 4.59. The van der Waals surface area contributed by atoms with E-state index in [4.69, 9.17) is 0 Å². The fraction of sp³-hybridized carbons (Fsp3) is 0.111. The van der Waals surface area contributed by atoms with Gasteiger partial charge in [0.15, 0.2) is 0 Å². The summed E-state index contributed by atoms with van der Waals surface area (Å²) in [5, 5.41) is 4.59. The minimum absolute atomic E-state index is 0.670. The quantitative estimate of drug-likeness (QED) is 0.575. The highest BCUT2D eigenvalue weighted by Crippen LogP contribution is 2.09. The highest BCUT2D eigenvalue weighted by molar-refractivity contribution is 6.00. The molecule has 0 fully saturated rings. The Bertz CT molecular complexity index is 729. The van der Waals surface area contributed by atoms with E-state index in [1.165, 1.54) is 5.56 Å². The summed E-state index contributed by atoms with van der Waals surface area (Å²) >= 11 is 0. The van der Waals surface area contributed by atoms with Crippen LogP contribution >= 0.6 is 0 Å². The summed E-state index contributed by atoms with van der Waals surface area (Å²) in [4.78, 5) is 4.09. The van der Waals surface area contributed by atoms with E-state index in [0.29, 0.717) is 6.54 Å². The topological polar surface area (TPSA) is 42.2 Å². The van der Waals surface area contributed by atoms with Gasteiger partial charge in [-0.2, -0.15) is 5.10 Å². The lowest BCUT2D eigenvalue weighted by Crippen LogP contribution is -2.12. The van der Waals surface area contributed by atoms with Crippen molar-refractivity contribution in [3.05, 3.63) is 84.4 Å². The zero-order chi connectivity index (χ0) is 15.2. The van der Waals surface area contributed by atoms with Crippen molar-refractivity contribution >= 4 is 11.4 Å². The number of anilines is 1. The Morgan fingerprint density at radius 3 is 2.55 bits per heavy atom. The van der Waals surface area contributed by atoms with Crippen LogP contribution in [0.2, 0.25) is 0 Å². The van der Waals surface area contributed by atoms with E-state index in [9.17, 15) is 0 Å². The molecule has 1 heterocycles. The standard InChI is InChI=1S/C18H18N4/c1-15-7-9-16(10-8-15)18(13-22-12-11-19-14-22)21-20-17-5-3-2-4-6-17/h2-12,14,20H,13H2,1H3/b21-18+. The number of nitrogens with zero attached hydrogens (tertiary/aromatic N) is 3. The second kappa shape index (κ2) is 6.72. The molecule has 0 aliphatic rings. The van der Waals surface area contributed by atoms with Crippen LogP contribution < -0.4 is 5.43 Å². The molecular formula is C18H18N4. The molecule has 3 aromatic rings. The molecule has 1 N–H and O–H groups in total. The largest absolute Gasteiger partial charge is 0.331 e. The molecule has 0 unspecified atom stereocenters. The summed E-state index contributed by atoms with van der Waals surface area (Å²) in [5.74, 6) is 0. The molecule has 0 radical (unpaired) electrons. The first-order valence-corrected chi connectivity index (χ1v) is 7.22. The smallest absolute Gasteiger partial charge is 0.0949 e. The maximum absolute atomic E-state index is 4.59. The first-order chi connectivity index (χ1) is 10.8. The maximum Gasteiger partial charge on any atom is 0.0949 e. The Morgan fingerprint density at radius 2 is 1.86 bits per heavy atom. The van der Waals surface area contributed by atoms with Gasteiger partial charge in [-0.15, -0.1) is 0 Å². The number of hydrogen-bond acceptors (Lipinski definition) is 3. The molecule has 0 bridgehead atoms. The number of nitrogens with one attached hydrogen (secondary N) is 1. The molecule has 0 amide bonds. The number of benzene rings is 2. The first-order valence-electron chi connectivity index (χ1n) is 7.22. The van der Waals surface area contributed by atoms with Gasteiger partial charge >= 0.3 is 0 Å². The number of para-hydroxylation sites is 1. The van der Waals surface area contributed by atoms with Crippen LogP contribution in [-0.2, 0) is 6.54 Å². The van der Waals surface area contributed by atoms with Crippen molar-refractivity contribution in [1.82, 2.24) is 9.55 Å². The molecule has 0 saturated heterocycles. The minimum atomic E-state index is 0.670. The third kappa shape index (κ3) is 3.61. The van der Waals surface area contributed by atoms with Crippen molar-refractivity contribution in [1.29, 1.82) is 0 Å². The zero-order valence-corrected chi connectivity index (χ0v) is 12.5. The van der Waals surface area contributed by atoms with E-state index in [1.807, 2.05) is 41.1 Å². The SMILES string of the molecule is Cc1ccc(/C(Cn2ccnc2)=N/Nc2ccccc2)cc1. The van der Waals surface area contributed by atoms with Crippen LogP contribution in [-0.4, -0.2) is 15.3 Å². The lowest BCUT2D eigenvalue weighted by molar-refractivity contribution is 0.848. The van der Waals surface area contributed by atoms with E-state index in [-0.39, 0.29) is 0 Å². The molecule has 0 atom stereocenters. The predicted octanol–water partition coefficient (Wildman–Crippen LogP) is 3.71. The number of aryl methyl sites for hydroxylation is 1. The van der Waals surface area contributed by atoms with Crippen LogP contribution in [0.5, 0.6) is 0 Å². The predicted molar refractivity (Wildman–Crippen MR) is 90.0 cm³/mol. The van der Waals surface area contributed by atoms with Gasteiger partial charge in [0.25, 0.3) is 0 Å². The van der Waals surface area contributed by atoms with Crippen molar-refractivity contribution in [2.45, 2.75) is 13.5 Å². The van der Waals surface area contributed by atoms with Crippen molar-refractivity contribution in [2.75, 3.05) is 5.43 Å². The van der Waals surface area contributed by atoms with E-state index in [1.54, 1.807) is 12.5 Å². The molecular weight excluding hydrogens is 272 g/mol. The summed E-state index contributed by atoms with van der Waals surface area (Å²) < 4.78 is 2.01. The summed E-state index contributed by atoms with van der Waals surface area (Å²) in [6.45, 7) is 2.75. The Kier molecular flexibility index (Phi) is 4.30.